The molecule has 3 N–H and O–H groups in total. The first-order chi connectivity index (χ1) is 6.20. The summed E-state index contributed by atoms with van der Waals surface area (Å²) in [6, 6.07) is 1.59. The number of aromatic amines is 1. The number of rotatable bonds is 4. The van der Waals surface area contributed by atoms with E-state index in [0.29, 0.717) is 18.7 Å². The smallest absolute Gasteiger partial charge is 0.269 e. The van der Waals surface area contributed by atoms with Crippen molar-refractivity contribution in [2.45, 2.75) is 19.4 Å². The Morgan fingerprint density at radius 1 is 1.85 bits per heavy atom. The van der Waals surface area contributed by atoms with Gasteiger partial charge in [-0.25, -0.2) is 0 Å². The zero-order valence-corrected chi connectivity index (χ0v) is 7.45. The van der Waals surface area contributed by atoms with Crippen LogP contribution in [0.4, 0.5) is 0 Å². The van der Waals surface area contributed by atoms with Crippen LogP contribution in [0.1, 0.15) is 23.8 Å². The second kappa shape index (κ2) is 4.61. The minimum absolute atomic E-state index is 0.196. The summed E-state index contributed by atoms with van der Waals surface area (Å²) in [5.74, 6) is -0.196. The van der Waals surface area contributed by atoms with Gasteiger partial charge in [-0.2, -0.15) is 5.10 Å². The first-order valence-electron chi connectivity index (χ1n) is 4.16. The topological polar surface area (TPSA) is 78.0 Å². The van der Waals surface area contributed by atoms with Crippen LogP contribution in [0, 0.1) is 0 Å². The molecule has 0 bridgehead atoms. The molecule has 1 aromatic heterocycles. The van der Waals surface area contributed by atoms with Gasteiger partial charge in [0.25, 0.3) is 5.91 Å². The summed E-state index contributed by atoms with van der Waals surface area (Å²) in [6.45, 7) is 2.15. The van der Waals surface area contributed by atoms with Crippen LogP contribution in [0.5, 0.6) is 0 Å². The van der Waals surface area contributed by atoms with Crippen molar-refractivity contribution in [1.82, 2.24) is 15.5 Å². The van der Waals surface area contributed by atoms with Gasteiger partial charge in [-0.05, 0) is 19.4 Å². The molecule has 13 heavy (non-hydrogen) atoms. The first-order valence-corrected chi connectivity index (χ1v) is 4.16. The van der Waals surface area contributed by atoms with Crippen molar-refractivity contribution in [1.29, 1.82) is 0 Å². The van der Waals surface area contributed by atoms with E-state index in [1.165, 1.54) is 6.20 Å². The molecule has 5 heteroatoms. The lowest BCUT2D eigenvalue weighted by molar-refractivity contribution is 0.0940. The largest absolute Gasteiger partial charge is 0.393 e. The molecule has 5 nitrogen and oxygen atoms in total. The van der Waals surface area contributed by atoms with Crippen LogP contribution in [-0.4, -0.2) is 33.9 Å². The fourth-order valence-electron chi connectivity index (χ4n) is 0.872. The molecule has 1 aromatic rings. The van der Waals surface area contributed by atoms with Gasteiger partial charge >= 0.3 is 0 Å². The fourth-order valence-corrected chi connectivity index (χ4v) is 0.872. The van der Waals surface area contributed by atoms with Gasteiger partial charge in [0.2, 0.25) is 0 Å². The average Bonchev–Trinajstić information content (AvgIpc) is 2.55. The van der Waals surface area contributed by atoms with Gasteiger partial charge in [0, 0.05) is 12.7 Å². The van der Waals surface area contributed by atoms with Gasteiger partial charge in [-0.15, -0.1) is 0 Å². The number of aromatic nitrogens is 2. The van der Waals surface area contributed by atoms with E-state index in [2.05, 4.69) is 15.5 Å². The molecule has 0 aliphatic rings. The zero-order chi connectivity index (χ0) is 9.68. The Balaban J connectivity index is 2.27. The number of H-pyrrole nitrogens is 1. The van der Waals surface area contributed by atoms with Gasteiger partial charge in [0.05, 0.1) is 6.10 Å². The van der Waals surface area contributed by atoms with Crippen molar-refractivity contribution in [2.75, 3.05) is 6.54 Å². The first kappa shape index (κ1) is 9.73. The van der Waals surface area contributed by atoms with Crippen LogP contribution in [0.2, 0.25) is 0 Å². The molecule has 0 fully saturated rings. The predicted molar refractivity (Wildman–Crippen MR) is 47.2 cm³/mol. The molecule has 0 spiro atoms. The van der Waals surface area contributed by atoms with Crippen LogP contribution in [0.15, 0.2) is 12.3 Å². The monoisotopic (exact) mass is 183 g/mol. The molecule has 0 aliphatic heterocycles. The highest BCUT2D eigenvalue weighted by molar-refractivity contribution is 5.91. The van der Waals surface area contributed by atoms with Crippen LogP contribution < -0.4 is 5.32 Å². The maximum absolute atomic E-state index is 11.2. The van der Waals surface area contributed by atoms with Crippen LogP contribution >= 0.6 is 0 Å². The van der Waals surface area contributed by atoms with Gasteiger partial charge in [0.1, 0.15) is 5.69 Å². The van der Waals surface area contributed by atoms with Crippen molar-refractivity contribution in [3.63, 3.8) is 0 Å². The molecule has 1 rings (SSSR count). The third-order valence-corrected chi connectivity index (χ3v) is 1.59. The van der Waals surface area contributed by atoms with Gasteiger partial charge in [-0.3, -0.25) is 9.89 Å². The number of hydrogen-bond donors (Lipinski definition) is 3. The van der Waals surface area contributed by atoms with Gasteiger partial charge < -0.3 is 10.4 Å². The number of carbonyl (C=O) groups is 1. The second-order valence-corrected chi connectivity index (χ2v) is 2.86. The average molecular weight is 183 g/mol. The lowest BCUT2D eigenvalue weighted by Gasteiger charge is -2.04. The standard InChI is InChI=1S/C8H13N3O2/c1-6(12)2-4-9-8(13)7-3-5-10-11-7/h3,5-6,12H,2,4H2,1H3,(H,9,13)(H,10,11). The Labute approximate surface area is 76.2 Å². The molecule has 0 aromatic carbocycles. The Kier molecular flexibility index (Phi) is 3.45. The Bertz CT molecular complexity index is 256. The van der Waals surface area contributed by atoms with Gasteiger partial charge in [0.15, 0.2) is 0 Å². The van der Waals surface area contributed by atoms with Gasteiger partial charge in [-0.1, -0.05) is 0 Å². The number of nitrogens with zero attached hydrogens (tertiary/aromatic N) is 1. The zero-order valence-electron chi connectivity index (χ0n) is 7.45. The molecule has 1 heterocycles. The van der Waals surface area contributed by atoms with Crippen LogP contribution in [-0.2, 0) is 0 Å². The van der Waals surface area contributed by atoms with Crippen molar-refractivity contribution >= 4 is 5.91 Å². The van der Waals surface area contributed by atoms with E-state index >= 15 is 0 Å². The SMILES string of the molecule is CC(O)CCNC(=O)c1ccn[nH]1. The van der Waals surface area contributed by atoms with Crippen LogP contribution in [0.3, 0.4) is 0 Å². The van der Waals surface area contributed by atoms with E-state index in [4.69, 9.17) is 5.11 Å². The number of aliphatic hydroxyl groups excluding tert-OH is 1. The molecule has 72 valence electrons. The van der Waals surface area contributed by atoms with E-state index in [1.807, 2.05) is 0 Å². The molecule has 0 radical (unpaired) electrons. The highest BCUT2D eigenvalue weighted by Crippen LogP contribution is 1.92. The summed E-state index contributed by atoms with van der Waals surface area (Å²) in [5.41, 5.74) is 0.436. The van der Waals surface area contributed by atoms with E-state index in [1.54, 1.807) is 13.0 Å². The van der Waals surface area contributed by atoms with E-state index in [9.17, 15) is 4.79 Å². The fraction of sp³-hybridized carbons (Fsp3) is 0.500. The normalized spacial score (nSPS) is 12.5. The third-order valence-electron chi connectivity index (χ3n) is 1.59. The Morgan fingerprint density at radius 3 is 3.15 bits per heavy atom. The van der Waals surface area contributed by atoms with E-state index in [-0.39, 0.29) is 12.0 Å². The quantitative estimate of drug-likeness (QED) is 0.610. The number of aliphatic hydroxyl groups is 1. The van der Waals surface area contributed by atoms with E-state index < -0.39 is 0 Å². The number of nitrogens with one attached hydrogen (secondary N) is 2. The highest BCUT2D eigenvalue weighted by Gasteiger charge is 2.05. The summed E-state index contributed by atoms with van der Waals surface area (Å²) >= 11 is 0. The molecular weight excluding hydrogens is 170 g/mol. The molecule has 0 aliphatic carbocycles. The highest BCUT2D eigenvalue weighted by atomic mass is 16.3. The Morgan fingerprint density at radius 2 is 2.62 bits per heavy atom. The summed E-state index contributed by atoms with van der Waals surface area (Å²) in [4.78, 5) is 11.2. The molecular formula is C8H13N3O2. The molecule has 1 unspecified atom stereocenters. The third kappa shape index (κ3) is 3.25. The maximum Gasteiger partial charge on any atom is 0.269 e. The molecule has 0 saturated carbocycles. The predicted octanol–water partition coefficient (Wildman–Crippen LogP) is -0.0896. The molecule has 1 amide bonds. The lowest BCUT2D eigenvalue weighted by Crippen LogP contribution is -2.26. The maximum atomic E-state index is 11.2. The van der Waals surface area contributed by atoms with Crippen molar-refractivity contribution in [3.8, 4) is 0 Å². The summed E-state index contributed by atoms with van der Waals surface area (Å²) in [5, 5.41) is 17.8. The minimum atomic E-state index is -0.387. The van der Waals surface area contributed by atoms with Crippen molar-refractivity contribution < 1.29 is 9.90 Å². The minimum Gasteiger partial charge on any atom is -0.393 e. The second-order valence-electron chi connectivity index (χ2n) is 2.86. The lowest BCUT2D eigenvalue weighted by atomic mass is 10.3. The van der Waals surface area contributed by atoms with E-state index in [0.717, 1.165) is 0 Å². The van der Waals surface area contributed by atoms with Crippen molar-refractivity contribution in [3.05, 3.63) is 18.0 Å². The number of hydrogen-bond acceptors (Lipinski definition) is 3. The van der Waals surface area contributed by atoms with Crippen LogP contribution in [0.25, 0.3) is 0 Å². The number of carbonyl (C=O) groups excluding carboxylic acids is 1. The van der Waals surface area contributed by atoms with Crippen molar-refractivity contribution in [2.24, 2.45) is 0 Å². The molecule has 0 saturated heterocycles. The number of amides is 1. The summed E-state index contributed by atoms with van der Waals surface area (Å²) in [7, 11) is 0. The Hall–Kier alpha value is -1.36. The summed E-state index contributed by atoms with van der Waals surface area (Å²) in [6.07, 6.45) is 1.69. The molecule has 1 atom stereocenters. The summed E-state index contributed by atoms with van der Waals surface area (Å²) < 4.78 is 0.